The van der Waals surface area contributed by atoms with Gasteiger partial charge in [0.05, 0.1) is 30.7 Å². The van der Waals surface area contributed by atoms with Gasteiger partial charge in [-0.05, 0) is 19.1 Å². The fourth-order valence-corrected chi connectivity index (χ4v) is 1.93. The van der Waals surface area contributed by atoms with E-state index in [-0.39, 0.29) is 0 Å². The molecule has 0 aliphatic rings. The van der Waals surface area contributed by atoms with E-state index in [2.05, 4.69) is 5.10 Å². The summed E-state index contributed by atoms with van der Waals surface area (Å²) in [6.07, 6.45) is 1.72. The number of ether oxygens (including phenoxy) is 1. The van der Waals surface area contributed by atoms with Crippen LogP contribution in [0.3, 0.4) is 0 Å². The van der Waals surface area contributed by atoms with Crippen molar-refractivity contribution < 1.29 is 9.53 Å². The third kappa shape index (κ3) is 2.22. The highest BCUT2D eigenvalue weighted by atomic mass is 16.5. The third-order valence-electron chi connectivity index (χ3n) is 2.74. The van der Waals surface area contributed by atoms with Crippen LogP contribution < -0.4 is 5.73 Å². The van der Waals surface area contributed by atoms with Gasteiger partial charge in [0.15, 0.2) is 0 Å². The maximum Gasteiger partial charge on any atom is 0.354 e. The second-order valence-corrected chi connectivity index (χ2v) is 4.18. The first kappa shape index (κ1) is 12.2. The van der Waals surface area contributed by atoms with E-state index in [1.807, 2.05) is 20.0 Å². The van der Waals surface area contributed by atoms with Crippen molar-refractivity contribution in [2.45, 2.75) is 13.5 Å². The quantitative estimate of drug-likeness (QED) is 0.820. The van der Waals surface area contributed by atoms with E-state index in [1.165, 1.54) is 7.11 Å². The van der Waals surface area contributed by atoms with Crippen molar-refractivity contribution in [3.05, 3.63) is 35.4 Å². The van der Waals surface area contributed by atoms with Crippen LogP contribution in [-0.2, 0) is 18.3 Å². The van der Waals surface area contributed by atoms with Crippen molar-refractivity contribution in [2.24, 2.45) is 7.05 Å². The van der Waals surface area contributed by atoms with E-state index >= 15 is 0 Å². The third-order valence-corrected chi connectivity index (χ3v) is 2.74. The minimum atomic E-state index is -0.398. The molecule has 0 saturated heterocycles. The summed E-state index contributed by atoms with van der Waals surface area (Å²) in [6, 6.07) is 3.58. The SMILES string of the molecule is COC(=O)c1cc(N)cn1Cc1cc(C)nn1C. The van der Waals surface area contributed by atoms with Crippen molar-refractivity contribution in [2.75, 3.05) is 12.8 Å². The lowest BCUT2D eigenvalue weighted by molar-refractivity contribution is 0.0589. The van der Waals surface area contributed by atoms with Crippen LogP contribution in [-0.4, -0.2) is 27.4 Å². The number of hydrogen-bond donors (Lipinski definition) is 1. The molecule has 0 aromatic carbocycles. The van der Waals surface area contributed by atoms with Crippen LogP contribution in [0, 0.1) is 6.92 Å². The van der Waals surface area contributed by atoms with Crippen molar-refractivity contribution in [3.8, 4) is 0 Å². The Bertz CT molecular complexity index is 583. The maximum atomic E-state index is 11.6. The molecular weight excluding hydrogens is 232 g/mol. The summed E-state index contributed by atoms with van der Waals surface area (Å²) in [6.45, 7) is 2.45. The number of rotatable bonds is 3. The van der Waals surface area contributed by atoms with Gasteiger partial charge in [-0.3, -0.25) is 4.68 Å². The van der Waals surface area contributed by atoms with Gasteiger partial charge < -0.3 is 15.0 Å². The van der Waals surface area contributed by atoms with Crippen molar-refractivity contribution >= 4 is 11.7 Å². The van der Waals surface area contributed by atoms with E-state index in [4.69, 9.17) is 10.5 Å². The van der Waals surface area contributed by atoms with E-state index in [9.17, 15) is 4.79 Å². The molecule has 0 bridgehead atoms. The van der Waals surface area contributed by atoms with E-state index in [1.54, 1.807) is 21.5 Å². The molecule has 6 heteroatoms. The number of nitrogens with two attached hydrogens (primary N) is 1. The topological polar surface area (TPSA) is 75.1 Å². The van der Waals surface area contributed by atoms with E-state index in [0.29, 0.717) is 17.9 Å². The van der Waals surface area contributed by atoms with Gasteiger partial charge in [0.25, 0.3) is 0 Å². The highest BCUT2D eigenvalue weighted by molar-refractivity contribution is 5.89. The van der Waals surface area contributed by atoms with Crippen LogP contribution in [0.25, 0.3) is 0 Å². The molecule has 2 aromatic rings. The van der Waals surface area contributed by atoms with Crippen LogP contribution in [0.5, 0.6) is 0 Å². The van der Waals surface area contributed by atoms with E-state index in [0.717, 1.165) is 11.4 Å². The highest BCUT2D eigenvalue weighted by Crippen LogP contribution is 2.14. The summed E-state index contributed by atoms with van der Waals surface area (Å²) >= 11 is 0. The summed E-state index contributed by atoms with van der Waals surface area (Å²) in [7, 11) is 3.22. The molecule has 0 radical (unpaired) electrons. The predicted octanol–water partition coefficient (Wildman–Crippen LogP) is 0.947. The highest BCUT2D eigenvalue weighted by Gasteiger charge is 2.14. The first-order valence-electron chi connectivity index (χ1n) is 5.54. The van der Waals surface area contributed by atoms with Gasteiger partial charge in [-0.15, -0.1) is 0 Å². The number of anilines is 1. The van der Waals surface area contributed by atoms with E-state index < -0.39 is 5.97 Å². The molecular formula is C12H16N4O2. The standard InChI is InChI=1S/C12H16N4O2/c1-8-4-10(15(2)14-8)7-16-6-9(13)5-11(16)12(17)18-3/h4-6H,7,13H2,1-3H3. The number of methoxy groups -OCH3 is 1. The molecule has 0 aliphatic carbocycles. The summed E-state index contributed by atoms with van der Waals surface area (Å²) < 4.78 is 8.27. The van der Waals surface area contributed by atoms with Crippen LogP contribution in [0.1, 0.15) is 21.9 Å². The van der Waals surface area contributed by atoms with Crippen molar-refractivity contribution in [1.82, 2.24) is 14.3 Å². The Labute approximate surface area is 105 Å². The zero-order valence-corrected chi connectivity index (χ0v) is 10.7. The second kappa shape index (κ2) is 4.56. The molecule has 96 valence electrons. The molecule has 2 rings (SSSR count). The Morgan fingerprint density at radius 3 is 2.78 bits per heavy atom. The monoisotopic (exact) mass is 248 g/mol. The fourth-order valence-electron chi connectivity index (χ4n) is 1.93. The van der Waals surface area contributed by atoms with Gasteiger partial charge >= 0.3 is 5.97 Å². The van der Waals surface area contributed by atoms with Gasteiger partial charge in [-0.2, -0.15) is 5.10 Å². The fraction of sp³-hybridized carbons (Fsp3) is 0.333. The van der Waals surface area contributed by atoms with Gasteiger partial charge in [-0.25, -0.2) is 4.79 Å². The Balaban J connectivity index is 2.34. The van der Waals surface area contributed by atoms with Crippen LogP contribution in [0.4, 0.5) is 5.69 Å². The van der Waals surface area contributed by atoms with Gasteiger partial charge in [0.1, 0.15) is 5.69 Å². The first-order valence-corrected chi connectivity index (χ1v) is 5.54. The zero-order valence-electron chi connectivity index (χ0n) is 10.7. The molecule has 0 spiro atoms. The van der Waals surface area contributed by atoms with Gasteiger partial charge in [0, 0.05) is 13.2 Å². The molecule has 6 nitrogen and oxygen atoms in total. The second-order valence-electron chi connectivity index (χ2n) is 4.18. The lowest BCUT2D eigenvalue weighted by Crippen LogP contribution is -2.12. The smallest absolute Gasteiger partial charge is 0.354 e. The lowest BCUT2D eigenvalue weighted by atomic mass is 10.3. The molecule has 0 aliphatic heterocycles. The van der Waals surface area contributed by atoms with Gasteiger partial charge in [0.2, 0.25) is 0 Å². The minimum Gasteiger partial charge on any atom is -0.464 e. The zero-order chi connectivity index (χ0) is 13.3. The number of nitrogen functional groups attached to an aromatic ring is 1. The average molecular weight is 248 g/mol. The van der Waals surface area contributed by atoms with Crippen molar-refractivity contribution in [3.63, 3.8) is 0 Å². The number of hydrogen-bond acceptors (Lipinski definition) is 4. The number of carbonyl (C=O) groups is 1. The number of aryl methyl sites for hydroxylation is 2. The van der Waals surface area contributed by atoms with Crippen LogP contribution >= 0.6 is 0 Å². The Morgan fingerprint density at radius 1 is 1.50 bits per heavy atom. The number of esters is 1. The Morgan fingerprint density at radius 2 is 2.22 bits per heavy atom. The molecule has 2 heterocycles. The largest absolute Gasteiger partial charge is 0.464 e. The first-order chi connectivity index (χ1) is 8.51. The number of aromatic nitrogens is 3. The molecule has 0 saturated carbocycles. The lowest BCUT2D eigenvalue weighted by Gasteiger charge is -2.07. The molecule has 2 N–H and O–H groups in total. The summed E-state index contributed by atoms with van der Waals surface area (Å²) in [4.78, 5) is 11.6. The number of nitrogens with zero attached hydrogens (tertiary/aromatic N) is 3. The summed E-state index contributed by atoms with van der Waals surface area (Å²) in [5.74, 6) is -0.398. The average Bonchev–Trinajstić information content (AvgIpc) is 2.82. The summed E-state index contributed by atoms with van der Waals surface area (Å²) in [5, 5.41) is 4.26. The number of carbonyl (C=O) groups excluding carboxylic acids is 1. The minimum absolute atomic E-state index is 0.398. The molecule has 18 heavy (non-hydrogen) atoms. The summed E-state index contributed by atoms with van der Waals surface area (Å²) in [5.41, 5.74) is 8.62. The predicted molar refractivity (Wildman–Crippen MR) is 67.2 cm³/mol. The molecule has 0 unspecified atom stereocenters. The van der Waals surface area contributed by atoms with Crippen LogP contribution in [0.2, 0.25) is 0 Å². The molecule has 2 aromatic heterocycles. The Kier molecular flexibility index (Phi) is 3.10. The Hall–Kier alpha value is -2.24. The molecule has 0 atom stereocenters. The van der Waals surface area contributed by atoms with Gasteiger partial charge in [-0.1, -0.05) is 0 Å². The molecule has 0 amide bonds. The molecule has 0 fully saturated rings. The maximum absolute atomic E-state index is 11.6. The van der Waals surface area contributed by atoms with Crippen molar-refractivity contribution in [1.29, 1.82) is 0 Å². The van der Waals surface area contributed by atoms with Crippen LogP contribution in [0.15, 0.2) is 18.3 Å². The normalized spacial score (nSPS) is 10.6.